The summed E-state index contributed by atoms with van der Waals surface area (Å²) in [5.41, 5.74) is 2.11. The van der Waals surface area contributed by atoms with Crippen molar-refractivity contribution in [2.45, 2.75) is 63.5 Å². The first-order valence-corrected chi connectivity index (χ1v) is 8.06. The standard InChI is InChI=1S/C17H26N2/c1-11(2)19-16-13-5-12-6-14(16)9-17(7-12,8-13)15-3-4-18-10-15/h3-4,10-14,16,18-19H,5-9H2,1-2H3. The van der Waals surface area contributed by atoms with Gasteiger partial charge in [-0.15, -0.1) is 0 Å². The number of hydrogen-bond donors (Lipinski definition) is 2. The number of H-pyrrole nitrogens is 1. The zero-order valence-corrected chi connectivity index (χ0v) is 12.2. The van der Waals surface area contributed by atoms with Crippen LogP contribution in [0.25, 0.3) is 0 Å². The number of rotatable bonds is 3. The molecule has 4 bridgehead atoms. The van der Waals surface area contributed by atoms with E-state index in [4.69, 9.17) is 0 Å². The second-order valence-electron chi connectivity index (χ2n) is 7.70. The van der Waals surface area contributed by atoms with E-state index in [1.165, 1.54) is 32.1 Å². The van der Waals surface area contributed by atoms with E-state index in [0.29, 0.717) is 11.5 Å². The first-order chi connectivity index (χ1) is 9.16. The lowest BCUT2D eigenvalue weighted by molar-refractivity contribution is -0.0372. The lowest BCUT2D eigenvalue weighted by Gasteiger charge is -2.60. The third kappa shape index (κ3) is 1.79. The molecule has 5 rings (SSSR count). The van der Waals surface area contributed by atoms with E-state index in [9.17, 15) is 0 Å². The number of nitrogens with one attached hydrogen (secondary N) is 2. The van der Waals surface area contributed by atoms with Gasteiger partial charge in [-0.1, -0.05) is 13.8 Å². The van der Waals surface area contributed by atoms with Crippen LogP contribution in [0.3, 0.4) is 0 Å². The molecule has 4 saturated carbocycles. The van der Waals surface area contributed by atoms with Crippen LogP contribution in [0.15, 0.2) is 18.5 Å². The molecule has 0 aliphatic heterocycles. The SMILES string of the molecule is CC(C)NC1C2CC3CC1CC(c1cc[nH]c1)(C3)C2. The monoisotopic (exact) mass is 258 g/mol. The molecule has 104 valence electrons. The van der Waals surface area contributed by atoms with Gasteiger partial charge in [0.15, 0.2) is 0 Å². The van der Waals surface area contributed by atoms with E-state index in [2.05, 4.69) is 42.6 Å². The molecule has 0 spiro atoms. The largest absolute Gasteiger partial charge is 0.367 e. The first-order valence-electron chi connectivity index (χ1n) is 8.06. The molecule has 4 aliphatic carbocycles. The maximum absolute atomic E-state index is 3.88. The van der Waals surface area contributed by atoms with Crippen molar-refractivity contribution >= 4 is 0 Å². The van der Waals surface area contributed by atoms with Crippen molar-refractivity contribution in [2.75, 3.05) is 0 Å². The summed E-state index contributed by atoms with van der Waals surface area (Å²) in [6.07, 6.45) is 11.6. The molecule has 2 nitrogen and oxygen atoms in total. The van der Waals surface area contributed by atoms with Gasteiger partial charge < -0.3 is 10.3 Å². The summed E-state index contributed by atoms with van der Waals surface area (Å²) in [5, 5.41) is 3.88. The minimum absolute atomic E-state index is 0.520. The van der Waals surface area contributed by atoms with Gasteiger partial charge in [-0.25, -0.2) is 0 Å². The molecule has 0 amide bonds. The lowest BCUT2D eigenvalue weighted by atomic mass is 9.46. The minimum Gasteiger partial charge on any atom is -0.367 e. The topological polar surface area (TPSA) is 27.8 Å². The maximum Gasteiger partial charge on any atom is 0.0127 e. The fourth-order valence-corrected chi connectivity index (χ4v) is 5.69. The van der Waals surface area contributed by atoms with Crippen molar-refractivity contribution < 1.29 is 0 Å². The Balaban J connectivity index is 1.64. The predicted octanol–water partition coefficient (Wildman–Crippen LogP) is 3.46. The molecule has 2 N–H and O–H groups in total. The molecule has 4 aliphatic rings. The minimum atomic E-state index is 0.520. The normalized spacial score (nSPS) is 44.2. The van der Waals surface area contributed by atoms with E-state index in [-0.39, 0.29) is 0 Å². The molecule has 4 fully saturated rings. The fourth-order valence-electron chi connectivity index (χ4n) is 5.69. The molecule has 1 aromatic rings. The van der Waals surface area contributed by atoms with E-state index in [0.717, 1.165) is 23.8 Å². The Kier molecular flexibility index (Phi) is 2.60. The number of aromatic amines is 1. The Labute approximate surface area is 116 Å². The van der Waals surface area contributed by atoms with Gasteiger partial charge in [-0.2, -0.15) is 0 Å². The van der Waals surface area contributed by atoms with Crippen molar-refractivity contribution in [2.24, 2.45) is 17.8 Å². The third-order valence-electron chi connectivity index (χ3n) is 6.01. The van der Waals surface area contributed by atoms with E-state index in [1.807, 2.05) is 0 Å². The van der Waals surface area contributed by atoms with Gasteiger partial charge in [0.05, 0.1) is 0 Å². The summed E-state index contributed by atoms with van der Waals surface area (Å²) in [5.74, 6) is 2.84. The highest BCUT2D eigenvalue weighted by atomic mass is 15.0. The Morgan fingerprint density at radius 1 is 1.21 bits per heavy atom. The van der Waals surface area contributed by atoms with Crippen LogP contribution in [0.5, 0.6) is 0 Å². The van der Waals surface area contributed by atoms with Gasteiger partial charge in [-0.3, -0.25) is 0 Å². The second-order valence-corrected chi connectivity index (χ2v) is 7.70. The molecule has 19 heavy (non-hydrogen) atoms. The molecule has 0 radical (unpaired) electrons. The van der Waals surface area contributed by atoms with Crippen LogP contribution in [0.4, 0.5) is 0 Å². The smallest absolute Gasteiger partial charge is 0.0127 e. The van der Waals surface area contributed by atoms with Crippen LogP contribution in [-0.4, -0.2) is 17.1 Å². The third-order valence-corrected chi connectivity index (χ3v) is 6.01. The quantitative estimate of drug-likeness (QED) is 0.854. The predicted molar refractivity (Wildman–Crippen MR) is 78.1 cm³/mol. The van der Waals surface area contributed by atoms with Crippen LogP contribution in [0.2, 0.25) is 0 Å². The van der Waals surface area contributed by atoms with Gasteiger partial charge in [0.2, 0.25) is 0 Å². The Hall–Kier alpha value is -0.760. The number of aromatic nitrogens is 1. The zero-order valence-electron chi connectivity index (χ0n) is 12.2. The molecule has 2 unspecified atom stereocenters. The van der Waals surface area contributed by atoms with E-state index in [1.54, 1.807) is 5.56 Å². The summed E-state index contributed by atoms with van der Waals surface area (Å²) >= 11 is 0. The van der Waals surface area contributed by atoms with Crippen molar-refractivity contribution in [1.82, 2.24) is 10.3 Å². The fraction of sp³-hybridized carbons (Fsp3) is 0.765. The second kappa shape index (κ2) is 4.12. The van der Waals surface area contributed by atoms with Gasteiger partial charge >= 0.3 is 0 Å². The average Bonchev–Trinajstić information content (AvgIpc) is 2.87. The zero-order chi connectivity index (χ0) is 13.0. The molecule has 2 atom stereocenters. The van der Waals surface area contributed by atoms with Gasteiger partial charge in [-0.05, 0) is 66.9 Å². The Bertz CT molecular complexity index is 432. The van der Waals surface area contributed by atoms with Gasteiger partial charge in [0.1, 0.15) is 0 Å². The first kappa shape index (κ1) is 12.0. The van der Waals surface area contributed by atoms with Gasteiger partial charge in [0.25, 0.3) is 0 Å². The average molecular weight is 258 g/mol. The van der Waals surface area contributed by atoms with Crippen LogP contribution in [0, 0.1) is 17.8 Å². The summed E-state index contributed by atoms with van der Waals surface area (Å²) in [6, 6.07) is 3.76. The van der Waals surface area contributed by atoms with Crippen LogP contribution in [-0.2, 0) is 5.41 Å². The highest BCUT2D eigenvalue weighted by Crippen LogP contribution is 2.60. The Morgan fingerprint density at radius 3 is 2.53 bits per heavy atom. The van der Waals surface area contributed by atoms with E-state index >= 15 is 0 Å². The summed E-state index contributed by atoms with van der Waals surface area (Å²) in [4.78, 5) is 3.28. The molecule has 1 aromatic heterocycles. The van der Waals surface area contributed by atoms with Crippen molar-refractivity contribution in [3.63, 3.8) is 0 Å². The molecule has 0 saturated heterocycles. The summed E-state index contributed by atoms with van der Waals surface area (Å²) in [6.45, 7) is 4.60. The molecular weight excluding hydrogens is 232 g/mol. The maximum atomic E-state index is 3.88. The summed E-state index contributed by atoms with van der Waals surface area (Å²) < 4.78 is 0. The van der Waals surface area contributed by atoms with Crippen LogP contribution >= 0.6 is 0 Å². The van der Waals surface area contributed by atoms with Crippen molar-refractivity contribution in [3.05, 3.63) is 24.0 Å². The highest BCUT2D eigenvalue weighted by Gasteiger charge is 2.55. The highest BCUT2D eigenvalue weighted by molar-refractivity contribution is 5.28. The molecule has 1 heterocycles. The molecule has 2 heteroatoms. The number of hydrogen-bond acceptors (Lipinski definition) is 1. The van der Waals surface area contributed by atoms with Gasteiger partial charge in [0, 0.05) is 24.5 Å². The van der Waals surface area contributed by atoms with Crippen LogP contribution in [0.1, 0.15) is 51.5 Å². The lowest BCUT2D eigenvalue weighted by Crippen LogP contribution is -2.60. The van der Waals surface area contributed by atoms with Crippen molar-refractivity contribution in [1.29, 1.82) is 0 Å². The molecular formula is C17H26N2. The van der Waals surface area contributed by atoms with E-state index < -0.39 is 0 Å². The summed E-state index contributed by atoms with van der Waals surface area (Å²) in [7, 11) is 0. The Morgan fingerprint density at radius 2 is 1.95 bits per heavy atom. The van der Waals surface area contributed by atoms with Crippen molar-refractivity contribution in [3.8, 4) is 0 Å². The van der Waals surface area contributed by atoms with Crippen LogP contribution < -0.4 is 5.32 Å². The molecule has 0 aromatic carbocycles.